The van der Waals surface area contributed by atoms with Crippen LogP contribution in [0.2, 0.25) is 0 Å². The van der Waals surface area contributed by atoms with Crippen LogP contribution in [0.3, 0.4) is 0 Å². The van der Waals surface area contributed by atoms with E-state index in [1.165, 1.54) is 32.1 Å². The second kappa shape index (κ2) is 5.98. The maximum Gasteiger partial charge on any atom is 0.290 e. The molecule has 1 saturated carbocycles. The van der Waals surface area contributed by atoms with Crippen molar-refractivity contribution in [1.29, 1.82) is 0 Å². The third-order valence-electron chi connectivity index (χ3n) is 3.90. The Hall–Kier alpha value is -1.39. The van der Waals surface area contributed by atoms with E-state index in [9.17, 15) is 4.79 Å². The molecular weight excluding hydrogens is 228 g/mol. The van der Waals surface area contributed by atoms with Crippen molar-refractivity contribution in [3.8, 4) is 0 Å². The molecule has 0 spiro atoms. The molecule has 0 atom stereocenters. The molecule has 0 aliphatic heterocycles. The van der Waals surface area contributed by atoms with E-state index < -0.39 is 0 Å². The highest BCUT2D eigenvalue weighted by molar-refractivity contribution is 5.90. The lowest BCUT2D eigenvalue weighted by Gasteiger charge is -2.27. The van der Waals surface area contributed by atoms with Gasteiger partial charge in [-0.3, -0.25) is 9.89 Å². The highest BCUT2D eigenvalue weighted by atomic mass is 16.2. The largest absolute Gasteiger partial charge is 0.349 e. The summed E-state index contributed by atoms with van der Waals surface area (Å²) in [5, 5.41) is 9.47. The van der Waals surface area contributed by atoms with Gasteiger partial charge in [-0.25, -0.2) is 4.98 Å². The summed E-state index contributed by atoms with van der Waals surface area (Å²) in [4.78, 5) is 15.8. The van der Waals surface area contributed by atoms with Crippen molar-refractivity contribution in [3.05, 3.63) is 11.6 Å². The van der Waals surface area contributed by atoms with E-state index in [2.05, 4.69) is 27.4 Å². The second-order valence-electron chi connectivity index (χ2n) is 5.25. The lowest BCUT2D eigenvalue weighted by atomic mass is 9.81. The number of hydrogen-bond acceptors (Lipinski definition) is 3. The van der Waals surface area contributed by atoms with Gasteiger partial charge < -0.3 is 5.32 Å². The van der Waals surface area contributed by atoms with Crippen LogP contribution >= 0.6 is 0 Å². The minimum Gasteiger partial charge on any atom is -0.349 e. The number of aromatic amines is 1. The number of aryl methyl sites for hydroxylation is 1. The van der Waals surface area contributed by atoms with Gasteiger partial charge in [0.1, 0.15) is 5.82 Å². The van der Waals surface area contributed by atoms with Crippen molar-refractivity contribution in [2.75, 3.05) is 6.54 Å². The van der Waals surface area contributed by atoms with Crippen LogP contribution in [0.4, 0.5) is 0 Å². The average molecular weight is 250 g/mol. The van der Waals surface area contributed by atoms with Crippen molar-refractivity contribution in [1.82, 2.24) is 20.5 Å². The number of rotatable bonds is 4. The first-order chi connectivity index (χ1) is 8.69. The molecule has 1 aromatic heterocycles. The molecule has 100 valence electrons. The summed E-state index contributed by atoms with van der Waals surface area (Å²) in [5.41, 5.74) is 0. The Morgan fingerprint density at radius 2 is 2.00 bits per heavy atom. The average Bonchev–Trinajstić information content (AvgIpc) is 2.83. The Balaban J connectivity index is 1.74. The smallest absolute Gasteiger partial charge is 0.290 e. The van der Waals surface area contributed by atoms with Gasteiger partial charge in [-0.1, -0.05) is 26.2 Å². The summed E-state index contributed by atoms with van der Waals surface area (Å²) >= 11 is 0. The summed E-state index contributed by atoms with van der Waals surface area (Å²) in [6, 6.07) is 0. The fourth-order valence-corrected chi connectivity index (χ4v) is 2.60. The van der Waals surface area contributed by atoms with Crippen LogP contribution in [0.5, 0.6) is 0 Å². The molecule has 1 heterocycles. The number of H-pyrrole nitrogens is 1. The number of carbonyl (C=O) groups excluding carboxylic acids is 1. The second-order valence-corrected chi connectivity index (χ2v) is 5.25. The first kappa shape index (κ1) is 13.1. The Labute approximate surface area is 108 Å². The molecule has 1 fully saturated rings. The molecule has 1 aromatic rings. The molecule has 0 saturated heterocycles. The van der Waals surface area contributed by atoms with Crippen LogP contribution in [0.25, 0.3) is 0 Å². The zero-order valence-electron chi connectivity index (χ0n) is 11.2. The number of carbonyl (C=O) groups is 1. The van der Waals surface area contributed by atoms with Crippen molar-refractivity contribution < 1.29 is 4.79 Å². The van der Waals surface area contributed by atoms with Gasteiger partial charge in [0.25, 0.3) is 5.91 Å². The third-order valence-corrected chi connectivity index (χ3v) is 3.90. The SMILES string of the molecule is CCC1CCC(CNC(=O)c2n[nH]c(C)n2)CC1. The Bertz CT molecular complexity index is 393. The Morgan fingerprint density at radius 3 is 2.56 bits per heavy atom. The van der Waals surface area contributed by atoms with Crippen LogP contribution in [0, 0.1) is 18.8 Å². The molecule has 1 aliphatic rings. The first-order valence-electron chi connectivity index (χ1n) is 6.86. The molecule has 5 heteroatoms. The lowest BCUT2D eigenvalue weighted by molar-refractivity contribution is 0.0931. The Kier molecular flexibility index (Phi) is 4.33. The van der Waals surface area contributed by atoms with Gasteiger partial charge in [-0.05, 0) is 31.6 Å². The molecule has 0 radical (unpaired) electrons. The van der Waals surface area contributed by atoms with E-state index in [1.54, 1.807) is 6.92 Å². The molecule has 1 aliphatic carbocycles. The third kappa shape index (κ3) is 3.31. The quantitative estimate of drug-likeness (QED) is 0.859. The van der Waals surface area contributed by atoms with Crippen LogP contribution in [-0.4, -0.2) is 27.6 Å². The molecule has 0 aromatic carbocycles. The highest BCUT2D eigenvalue weighted by Gasteiger charge is 2.21. The molecule has 1 amide bonds. The zero-order chi connectivity index (χ0) is 13.0. The summed E-state index contributed by atoms with van der Waals surface area (Å²) in [7, 11) is 0. The maximum atomic E-state index is 11.8. The molecule has 5 nitrogen and oxygen atoms in total. The first-order valence-corrected chi connectivity index (χ1v) is 6.86. The topological polar surface area (TPSA) is 70.7 Å². The maximum absolute atomic E-state index is 11.8. The van der Waals surface area contributed by atoms with E-state index in [0.717, 1.165) is 12.5 Å². The summed E-state index contributed by atoms with van der Waals surface area (Å²) in [6.07, 6.45) is 6.35. The number of nitrogens with zero attached hydrogens (tertiary/aromatic N) is 2. The van der Waals surface area contributed by atoms with E-state index in [-0.39, 0.29) is 11.7 Å². The highest BCUT2D eigenvalue weighted by Crippen LogP contribution is 2.30. The van der Waals surface area contributed by atoms with Crippen molar-refractivity contribution >= 4 is 5.91 Å². The van der Waals surface area contributed by atoms with E-state index >= 15 is 0 Å². The number of nitrogens with one attached hydrogen (secondary N) is 2. The minimum atomic E-state index is -0.169. The minimum absolute atomic E-state index is 0.169. The van der Waals surface area contributed by atoms with E-state index in [0.29, 0.717) is 11.7 Å². The van der Waals surface area contributed by atoms with Gasteiger partial charge >= 0.3 is 0 Å². The normalized spacial score (nSPS) is 23.9. The zero-order valence-corrected chi connectivity index (χ0v) is 11.2. The number of hydrogen-bond donors (Lipinski definition) is 2. The molecular formula is C13H22N4O. The van der Waals surface area contributed by atoms with Crippen molar-refractivity contribution in [2.24, 2.45) is 11.8 Å². The summed E-state index contributed by atoms with van der Waals surface area (Å²) < 4.78 is 0. The van der Waals surface area contributed by atoms with Crippen LogP contribution < -0.4 is 5.32 Å². The van der Waals surface area contributed by atoms with E-state index in [1.807, 2.05) is 0 Å². The molecule has 0 unspecified atom stereocenters. The van der Waals surface area contributed by atoms with Gasteiger partial charge in [0, 0.05) is 6.54 Å². The van der Waals surface area contributed by atoms with Crippen LogP contribution in [0.15, 0.2) is 0 Å². The van der Waals surface area contributed by atoms with Gasteiger partial charge in [0.2, 0.25) is 5.82 Å². The summed E-state index contributed by atoms with van der Waals surface area (Å²) in [6.45, 7) is 4.80. The fourth-order valence-electron chi connectivity index (χ4n) is 2.60. The van der Waals surface area contributed by atoms with Crippen LogP contribution in [-0.2, 0) is 0 Å². The van der Waals surface area contributed by atoms with Crippen molar-refractivity contribution in [3.63, 3.8) is 0 Å². The Morgan fingerprint density at radius 1 is 1.33 bits per heavy atom. The van der Waals surface area contributed by atoms with Gasteiger partial charge in [-0.2, -0.15) is 0 Å². The predicted octanol–water partition coefficient (Wildman–Crippen LogP) is 2.06. The van der Waals surface area contributed by atoms with Gasteiger partial charge in [0.05, 0.1) is 0 Å². The van der Waals surface area contributed by atoms with Crippen LogP contribution in [0.1, 0.15) is 55.5 Å². The predicted molar refractivity (Wildman–Crippen MR) is 69.2 cm³/mol. The number of amides is 1. The van der Waals surface area contributed by atoms with E-state index in [4.69, 9.17) is 0 Å². The van der Waals surface area contributed by atoms with Gasteiger partial charge in [0.15, 0.2) is 0 Å². The fraction of sp³-hybridized carbons (Fsp3) is 0.769. The van der Waals surface area contributed by atoms with Gasteiger partial charge in [-0.15, -0.1) is 5.10 Å². The summed E-state index contributed by atoms with van der Waals surface area (Å²) in [5.74, 6) is 2.26. The molecule has 2 N–H and O–H groups in total. The molecule has 2 rings (SSSR count). The standard InChI is InChI=1S/C13H22N4O/c1-3-10-4-6-11(7-5-10)8-14-13(18)12-15-9(2)16-17-12/h10-11H,3-8H2,1-2H3,(H,14,18)(H,15,16,17). The lowest BCUT2D eigenvalue weighted by Crippen LogP contribution is -2.31. The number of aromatic nitrogens is 3. The molecule has 18 heavy (non-hydrogen) atoms. The van der Waals surface area contributed by atoms with Crippen molar-refractivity contribution in [2.45, 2.75) is 46.0 Å². The monoisotopic (exact) mass is 250 g/mol. The molecule has 0 bridgehead atoms.